The maximum Gasteiger partial charge on any atom is 0.286 e. The van der Waals surface area contributed by atoms with Crippen molar-refractivity contribution >= 4 is 17.6 Å². The monoisotopic (exact) mass is 449 g/mol. The van der Waals surface area contributed by atoms with Crippen LogP contribution in [0.2, 0.25) is 0 Å². The maximum atomic E-state index is 13.7. The quantitative estimate of drug-likeness (QED) is 0.570. The molecule has 0 spiro atoms. The molecule has 1 aliphatic carbocycles. The summed E-state index contributed by atoms with van der Waals surface area (Å²) in [5.74, 6) is -5.14. The Bertz CT molecular complexity index is 1040. The van der Waals surface area contributed by atoms with Crippen molar-refractivity contribution in [2.24, 2.45) is 10.9 Å². The highest BCUT2D eigenvalue weighted by Crippen LogP contribution is 2.30. The van der Waals surface area contributed by atoms with Gasteiger partial charge in [-0.25, -0.2) is 13.8 Å². The number of aliphatic imine (C=N–C) groups is 1. The molecule has 2 aromatic rings. The van der Waals surface area contributed by atoms with Crippen LogP contribution in [0.25, 0.3) is 11.5 Å². The first-order chi connectivity index (χ1) is 15.1. The Morgan fingerprint density at radius 3 is 2.41 bits per heavy atom. The van der Waals surface area contributed by atoms with Crippen molar-refractivity contribution in [2.45, 2.75) is 51.0 Å². The number of rotatable bonds is 8. The lowest BCUT2D eigenvalue weighted by atomic mass is 10.0. The van der Waals surface area contributed by atoms with Gasteiger partial charge in [-0.05, 0) is 37.0 Å². The molecule has 0 bridgehead atoms. The van der Waals surface area contributed by atoms with E-state index in [0.29, 0.717) is 12.5 Å². The van der Waals surface area contributed by atoms with Gasteiger partial charge in [-0.15, -0.1) is 0 Å². The molecule has 2 aliphatic rings. The van der Waals surface area contributed by atoms with E-state index >= 15 is 0 Å². The van der Waals surface area contributed by atoms with E-state index in [0.717, 1.165) is 26.7 Å². The summed E-state index contributed by atoms with van der Waals surface area (Å²) in [6.07, 6.45) is 5.15. The Morgan fingerprint density at radius 2 is 1.72 bits per heavy atom. The second-order valence-corrected chi connectivity index (χ2v) is 8.19. The number of anilines is 2. The molecular weight excluding hydrogens is 426 g/mol. The summed E-state index contributed by atoms with van der Waals surface area (Å²) < 4.78 is 54.8. The molecule has 3 heterocycles. The lowest BCUT2D eigenvalue weighted by Crippen LogP contribution is -2.33. The van der Waals surface area contributed by atoms with Gasteiger partial charge in [0.2, 0.25) is 11.9 Å². The fourth-order valence-electron chi connectivity index (χ4n) is 3.12. The SMILES string of the molecule is CC(F)(F)C1=NC=CC(Nc2nc(NCC3CC3)nc(-c3cccc(C(C)(F)F)n3)n2)C1. The third kappa shape index (κ3) is 5.57. The highest BCUT2D eigenvalue weighted by Gasteiger charge is 2.32. The Hall–Kier alpha value is -3.11. The molecule has 0 saturated heterocycles. The van der Waals surface area contributed by atoms with Crippen molar-refractivity contribution in [3.63, 3.8) is 0 Å². The third-order valence-corrected chi connectivity index (χ3v) is 5.09. The van der Waals surface area contributed by atoms with Gasteiger partial charge >= 0.3 is 0 Å². The minimum absolute atomic E-state index is 0.0261. The molecule has 1 fully saturated rings. The van der Waals surface area contributed by atoms with Crippen LogP contribution in [0, 0.1) is 5.92 Å². The number of halogens is 4. The highest BCUT2D eigenvalue weighted by atomic mass is 19.3. The lowest BCUT2D eigenvalue weighted by Gasteiger charge is -2.22. The smallest absolute Gasteiger partial charge is 0.286 e. The Morgan fingerprint density at radius 1 is 0.969 bits per heavy atom. The van der Waals surface area contributed by atoms with Gasteiger partial charge in [-0.2, -0.15) is 23.7 Å². The first kappa shape index (κ1) is 22.1. The number of nitrogens with one attached hydrogen (secondary N) is 2. The number of pyridine rings is 1. The standard InChI is InChI=1S/C21H23F4N7/c1-20(22,23)15-5-3-4-14(29-15)17-30-18(27-11-12-6-7-12)32-19(31-17)28-13-8-9-26-16(10-13)21(2,24)25/h3-5,8-9,12-13H,6-7,10-11H2,1-2H3,(H2,27,28,30,31,32). The minimum atomic E-state index is -3.12. The summed E-state index contributed by atoms with van der Waals surface area (Å²) in [6, 6.07) is 3.70. The van der Waals surface area contributed by atoms with Crippen LogP contribution < -0.4 is 10.6 Å². The van der Waals surface area contributed by atoms with Gasteiger partial charge in [0.1, 0.15) is 11.4 Å². The van der Waals surface area contributed by atoms with Crippen molar-refractivity contribution in [2.75, 3.05) is 17.2 Å². The van der Waals surface area contributed by atoms with Crippen molar-refractivity contribution in [1.29, 1.82) is 0 Å². The minimum Gasteiger partial charge on any atom is -0.354 e. The lowest BCUT2D eigenvalue weighted by molar-refractivity contribution is 0.0129. The zero-order valence-corrected chi connectivity index (χ0v) is 17.6. The van der Waals surface area contributed by atoms with Crippen LogP contribution in [-0.4, -0.2) is 44.2 Å². The van der Waals surface area contributed by atoms with Gasteiger partial charge in [0, 0.05) is 33.0 Å². The largest absolute Gasteiger partial charge is 0.354 e. The van der Waals surface area contributed by atoms with Crippen LogP contribution in [0.3, 0.4) is 0 Å². The molecule has 32 heavy (non-hydrogen) atoms. The molecule has 11 heteroatoms. The van der Waals surface area contributed by atoms with E-state index in [2.05, 4.69) is 35.6 Å². The van der Waals surface area contributed by atoms with E-state index in [9.17, 15) is 17.6 Å². The topological polar surface area (TPSA) is 88.0 Å². The maximum absolute atomic E-state index is 13.7. The van der Waals surface area contributed by atoms with E-state index in [1.165, 1.54) is 24.4 Å². The summed E-state index contributed by atoms with van der Waals surface area (Å²) in [6.45, 7) is 2.23. The van der Waals surface area contributed by atoms with Gasteiger partial charge in [-0.1, -0.05) is 6.07 Å². The molecule has 1 aliphatic heterocycles. The van der Waals surface area contributed by atoms with Crippen LogP contribution in [0.4, 0.5) is 29.5 Å². The van der Waals surface area contributed by atoms with Crippen molar-refractivity contribution in [1.82, 2.24) is 19.9 Å². The number of hydrogen-bond acceptors (Lipinski definition) is 7. The fraction of sp³-hybridized carbons (Fsp3) is 0.476. The molecule has 1 unspecified atom stereocenters. The van der Waals surface area contributed by atoms with Gasteiger partial charge in [0.05, 0.1) is 11.8 Å². The van der Waals surface area contributed by atoms with Crippen LogP contribution in [-0.2, 0) is 5.92 Å². The molecule has 1 atom stereocenters. The van der Waals surface area contributed by atoms with Gasteiger partial charge in [-0.3, -0.25) is 4.99 Å². The van der Waals surface area contributed by atoms with Crippen molar-refractivity contribution in [3.05, 3.63) is 36.2 Å². The van der Waals surface area contributed by atoms with Crippen LogP contribution >= 0.6 is 0 Å². The second-order valence-electron chi connectivity index (χ2n) is 8.19. The zero-order valence-electron chi connectivity index (χ0n) is 17.6. The van der Waals surface area contributed by atoms with Crippen LogP contribution in [0.15, 0.2) is 35.5 Å². The van der Waals surface area contributed by atoms with Crippen LogP contribution in [0.5, 0.6) is 0 Å². The average molecular weight is 449 g/mol. The number of nitrogens with zero attached hydrogens (tertiary/aromatic N) is 5. The summed E-state index contributed by atoms with van der Waals surface area (Å²) in [4.78, 5) is 20.7. The van der Waals surface area contributed by atoms with Gasteiger partial charge in [0.25, 0.3) is 11.8 Å². The number of alkyl halides is 4. The van der Waals surface area contributed by atoms with E-state index in [1.807, 2.05) is 0 Å². The van der Waals surface area contributed by atoms with Gasteiger partial charge < -0.3 is 10.6 Å². The summed E-state index contributed by atoms with van der Waals surface area (Å²) in [5.41, 5.74) is -0.498. The second kappa shape index (κ2) is 8.44. The first-order valence-electron chi connectivity index (χ1n) is 10.3. The number of hydrogen-bond donors (Lipinski definition) is 2. The summed E-state index contributed by atoms with van der Waals surface area (Å²) in [5, 5.41) is 6.13. The molecular formula is C21H23F4N7. The predicted molar refractivity (Wildman–Crippen MR) is 113 cm³/mol. The fourth-order valence-corrected chi connectivity index (χ4v) is 3.12. The van der Waals surface area contributed by atoms with Crippen LogP contribution in [0.1, 0.15) is 38.8 Å². The highest BCUT2D eigenvalue weighted by molar-refractivity contribution is 5.92. The normalized spacial score (nSPS) is 18.9. The molecule has 0 amide bonds. The Balaban J connectivity index is 1.61. The van der Waals surface area contributed by atoms with E-state index in [4.69, 9.17) is 0 Å². The molecule has 170 valence electrons. The summed E-state index contributed by atoms with van der Waals surface area (Å²) in [7, 11) is 0. The zero-order chi connectivity index (χ0) is 22.9. The predicted octanol–water partition coefficient (Wildman–Crippen LogP) is 4.66. The Labute approximate surface area is 182 Å². The van der Waals surface area contributed by atoms with Crippen molar-refractivity contribution < 1.29 is 17.6 Å². The molecule has 1 saturated carbocycles. The molecule has 2 N–H and O–H groups in total. The van der Waals surface area contributed by atoms with E-state index in [-0.39, 0.29) is 35.5 Å². The number of aromatic nitrogens is 4. The summed E-state index contributed by atoms with van der Waals surface area (Å²) >= 11 is 0. The molecule has 2 aromatic heterocycles. The Kier molecular flexibility index (Phi) is 5.83. The molecule has 4 rings (SSSR count). The molecule has 7 nitrogen and oxygen atoms in total. The van der Waals surface area contributed by atoms with E-state index in [1.54, 1.807) is 6.08 Å². The molecule has 0 radical (unpaired) electrons. The third-order valence-electron chi connectivity index (χ3n) is 5.09. The first-order valence-corrected chi connectivity index (χ1v) is 10.3. The molecule has 0 aromatic carbocycles. The average Bonchev–Trinajstić information content (AvgIpc) is 3.56. The van der Waals surface area contributed by atoms with E-state index < -0.39 is 23.6 Å². The van der Waals surface area contributed by atoms with Gasteiger partial charge in [0.15, 0.2) is 5.82 Å². The van der Waals surface area contributed by atoms with Crippen molar-refractivity contribution in [3.8, 4) is 11.5 Å².